The Balaban J connectivity index is 2.11. The molecule has 0 aliphatic carbocycles. The molecule has 1 aliphatic heterocycles. The maximum absolute atomic E-state index is 13.9. The molecule has 1 aliphatic rings. The molecule has 0 bridgehead atoms. The van der Waals surface area contributed by atoms with Crippen LogP contribution in [-0.4, -0.2) is 54.6 Å². The number of sulfone groups is 1. The van der Waals surface area contributed by atoms with Gasteiger partial charge in [0.1, 0.15) is 5.82 Å². The van der Waals surface area contributed by atoms with E-state index >= 15 is 0 Å². The Hall–Kier alpha value is -0.955. The fraction of sp³-hybridized carbons (Fsp3) is 0.500. The number of nitrogens with zero attached hydrogens (tertiary/aromatic N) is 1. The molecule has 1 aromatic rings. The summed E-state index contributed by atoms with van der Waals surface area (Å²) in [6, 6.07) is 3.89. The van der Waals surface area contributed by atoms with E-state index in [1.54, 1.807) is 6.92 Å². The first-order valence-corrected chi connectivity index (χ1v) is 8.19. The second-order valence-electron chi connectivity index (χ2n) is 5.16. The summed E-state index contributed by atoms with van der Waals surface area (Å²) >= 11 is 0. The first kappa shape index (κ1) is 15.4. The van der Waals surface area contributed by atoms with E-state index in [9.17, 15) is 12.8 Å². The summed E-state index contributed by atoms with van der Waals surface area (Å²) in [5.41, 5.74) is 0.515. The van der Waals surface area contributed by atoms with Gasteiger partial charge in [0.15, 0.2) is 9.84 Å². The fourth-order valence-corrected chi connectivity index (χ4v) is 3.96. The predicted octanol–water partition coefficient (Wildman–Crippen LogP) is -0.876. The van der Waals surface area contributed by atoms with Crippen molar-refractivity contribution in [2.45, 2.75) is 19.5 Å². The molecule has 1 aromatic carbocycles. The lowest BCUT2D eigenvalue weighted by Gasteiger charge is -2.33. The van der Waals surface area contributed by atoms with Crippen LogP contribution in [0.2, 0.25) is 0 Å². The molecule has 1 unspecified atom stereocenters. The van der Waals surface area contributed by atoms with Gasteiger partial charge in [-0.2, -0.15) is 0 Å². The van der Waals surface area contributed by atoms with Crippen LogP contribution in [0, 0.1) is 5.82 Å². The van der Waals surface area contributed by atoms with Gasteiger partial charge in [0.25, 0.3) is 0 Å². The third-order valence-corrected chi connectivity index (χ3v) is 5.35. The van der Waals surface area contributed by atoms with Crippen LogP contribution in [-0.2, 0) is 16.4 Å². The van der Waals surface area contributed by atoms with Gasteiger partial charge in [-0.05, 0) is 18.5 Å². The normalized spacial score (nSPS) is 22.7. The second kappa shape index (κ2) is 5.81. The minimum Gasteiger partial charge on any atom is -0.423 e. The van der Waals surface area contributed by atoms with Gasteiger partial charge in [0.2, 0.25) is 0 Å². The molecule has 0 spiro atoms. The highest BCUT2D eigenvalue weighted by atomic mass is 32.2. The van der Waals surface area contributed by atoms with Crippen molar-refractivity contribution in [3.05, 3.63) is 29.6 Å². The van der Waals surface area contributed by atoms with Gasteiger partial charge >= 0.3 is 7.12 Å². The van der Waals surface area contributed by atoms with Crippen LogP contribution in [0.15, 0.2) is 18.2 Å². The third-order valence-electron chi connectivity index (χ3n) is 3.56. The topological polar surface area (TPSA) is 77.8 Å². The van der Waals surface area contributed by atoms with Crippen LogP contribution in [0.5, 0.6) is 0 Å². The number of hydrogen-bond acceptors (Lipinski definition) is 5. The second-order valence-corrected chi connectivity index (χ2v) is 7.39. The molecule has 0 radical (unpaired) electrons. The molecule has 0 amide bonds. The maximum Gasteiger partial charge on any atom is 0.488 e. The van der Waals surface area contributed by atoms with E-state index in [0.717, 1.165) is 6.07 Å². The van der Waals surface area contributed by atoms with E-state index < -0.39 is 22.8 Å². The Kier molecular flexibility index (Phi) is 4.48. The van der Waals surface area contributed by atoms with Gasteiger partial charge < -0.3 is 10.0 Å². The summed E-state index contributed by atoms with van der Waals surface area (Å²) in [5, 5.41) is 17.9. The van der Waals surface area contributed by atoms with Crippen molar-refractivity contribution in [2.24, 2.45) is 0 Å². The van der Waals surface area contributed by atoms with Gasteiger partial charge in [0, 0.05) is 24.7 Å². The lowest BCUT2D eigenvalue weighted by Crippen LogP contribution is -2.46. The van der Waals surface area contributed by atoms with Crippen molar-refractivity contribution in [2.75, 3.05) is 18.1 Å². The molecule has 1 saturated heterocycles. The largest absolute Gasteiger partial charge is 0.488 e. The van der Waals surface area contributed by atoms with Crippen molar-refractivity contribution >= 4 is 22.4 Å². The summed E-state index contributed by atoms with van der Waals surface area (Å²) in [5.74, 6) is -0.342. The smallest absolute Gasteiger partial charge is 0.423 e. The Morgan fingerprint density at radius 2 is 2.15 bits per heavy atom. The monoisotopic (exact) mass is 301 g/mol. The van der Waals surface area contributed by atoms with E-state index in [-0.39, 0.29) is 23.0 Å². The Bertz CT molecular complexity index is 593. The van der Waals surface area contributed by atoms with Crippen molar-refractivity contribution < 1.29 is 22.9 Å². The number of rotatable bonds is 3. The third kappa shape index (κ3) is 3.57. The molecule has 1 heterocycles. The van der Waals surface area contributed by atoms with E-state index in [1.807, 2.05) is 4.90 Å². The standard InChI is InChI=1S/C12H17BFNO4S/c1-9-8-20(18,19)5-4-15(9)7-10-2-3-11(13(16)17)6-12(10)14/h2-3,6,9,16-17H,4-5,7-8H2,1H3. The molecule has 8 heteroatoms. The van der Waals surface area contributed by atoms with E-state index in [4.69, 9.17) is 10.0 Å². The number of hydrogen-bond donors (Lipinski definition) is 2. The SMILES string of the molecule is CC1CS(=O)(=O)CCN1Cc1ccc(B(O)O)cc1F. The van der Waals surface area contributed by atoms with Gasteiger partial charge in [-0.25, -0.2) is 12.8 Å². The van der Waals surface area contributed by atoms with Crippen LogP contribution in [0.1, 0.15) is 12.5 Å². The van der Waals surface area contributed by atoms with Crippen molar-refractivity contribution in [3.63, 3.8) is 0 Å². The molecular formula is C12H17BFNO4S. The molecular weight excluding hydrogens is 284 g/mol. The lowest BCUT2D eigenvalue weighted by atomic mass is 9.80. The van der Waals surface area contributed by atoms with E-state index in [0.29, 0.717) is 18.7 Å². The Morgan fingerprint density at radius 1 is 1.45 bits per heavy atom. The molecule has 5 nitrogen and oxygen atoms in total. The molecule has 20 heavy (non-hydrogen) atoms. The summed E-state index contributed by atoms with van der Waals surface area (Å²) in [6.07, 6.45) is 0. The average Bonchev–Trinajstić information content (AvgIpc) is 2.33. The van der Waals surface area contributed by atoms with Crippen LogP contribution in [0.4, 0.5) is 4.39 Å². The first-order valence-electron chi connectivity index (χ1n) is 6.37. The molecule has 1 atom stereocenters. The van der Waals surface area contributed by atoms with Crippen LogP contribution in [0.25, 0.3) is 0 Å². The van der Waals surface area contributed by atoms with E-state index in [1.165, 1.54) is 12.1 Å². The zero-order valence-corrected chi connectivity index (χ0v) is 12.0. The fourth-order valence-electron chi connectivity index (χ4n) is 2.34. The minimum absolute atomic E-state index is 0.0854. The molecule has 2 rings (SSSR count). The van der Waals surface area contributed by atoms with Crippen LogP contribution < -0.4 is 5.46 Å². The number of halogens is 1. The van der Waals surface area contributed by atoms with E-state index in [2.05, 4.69) is 0 Å². The highest BCUT2D eigenvalue weighted by Crippen LogP contribution is 2.16. The average molecular weight is 301 g/mol. The quantitative estimate of drug-likeness (QED) is 0.709. The summed E-state index contributed by atoms with van der Waals surface area (Å²) < 4.78 is 36.9. The predicted molar refractivity (Wildman–Crippen MR) is 74.8 cm³/mol. The van der Waals surface area contributed by atoms with Gasteiger partial charge in [0.05, 0.1) is 11.5 Å². The minimum atomic E-state index is -2.99. The molecule has 0 aromatic heterocycles. The summed E-state index contributed by atoms with van der Waals surface area (Å²) in [4.78, 5) is 1.91. The highest BCUT2D eigenvalue weighted by Gasteiger charge is 2.28. The highest BCUT2D eigenvalue weighted by molar-refractivity contribution is 7.91. The van der Waals surface area contributed by atoms with Gasteiger partial charge in [-0.3, -0.25) is 4.90 Å². The molecule has 1 fully saturated rings. The maximum atomic E-state index is 13.9. The Labute approximate surface area is 118 Å². The van der Waals surface area contributed by atoms with Crippen LogP contribution in [0.3, 0.4) is 0 Å². The Morgan fingerprint density at radius 3 is 2.70 bits per heavy atom. The zero-order valence-electron chi connectivity index (χ0n) is 11.2. The van der Waals surface area contributed by atoms with Crippen LogP contribution >= 0.6 is 0 Å². The lowest BCUT2D eigenvalue weighted by molar-refractivity contribution is 0.215. The number of benzene rings is 1. The van der Waals surface area contributed by atoms with Crippen molar-refractivity contribution in [1.29, 1.82) is 0 Å². The van der Waals surface area contributed by atoms with Crippen molar-refractivity contribution in [3.8, 4) is 0 Å². The van der Waals surface area contributed by atoms with Crippen molar-refractivity contribution in [1.82, 2.24) is 4.90 Å². The summed E-state index contributed by atoms with van der Waals surface area (Å²) in [7, 11) is -4.68. The summed E-state index contributed by atoms with van der Waals surface area (Å²) in [6.45, 7) is 2.50. The first-order chi connectivity index (χ1) is 9.28. The molecule has 0 saturated carbocycles. The molecule has 2 N–H and O–H groups in total. The van der Waals surface area contributed by atoms with Gasteiger partial charge in [-0.1, -0.05) is 12.1 Å². The molecule has 110 valence electrons. The van der Waals surface area contributed by atoms with Gasteiger partial charge in [-0.15, -0.1) is 0 Å². The zero-order chi connectivity index (χ0) is 14.9.